The topological polar surface area (TPSA) is 28.2 Å². The van der Waals surface area contributed by atoms with Crippen LogP contribution < -0.4 is 10.2 Å². The number of pyridine rings is 1. The first kappa shape index (κ1) is 15.3. The maximum atomic E-state index is 4.75. The Kier molecular flexibility index (Phi) is 7.13. The molecule has 0 amide bonds. The fourth-order valence-corrected chi connectivity index (χ4v) is 2.32. The SMILES string of the molecule is CCCc1cc(CNC)cc(N(C)CCSC)n1. The van der Waals surface area contributed by atoms with Crippen molar-refractivity contribution in [3.8, 4) is 0 Å². The highest BCUT2D eigenvalue weighted by Gasteiger charge is 2.06. The summed E-state index contributed by atoms with van der Waals surface area (Å²) in [5.41, 5.74) is 2.53. The Hall–Kier alpha value is -0.740. The van der Waals surface area contributed by atoms with Gasteiger partial charge in [-0.05, 0) is 37.4 Å². The van der Waals surface area contributed by atoms with E-state index in [9.17, 15) is 0 Å². The second-order valence-corrected chi connectivity index (χ2v) is 5.51. The molecule has 0 aromatic carbocycles. The van der Waals surface area contributed by atoms with Crippen molar-refractivity contribution in [3.63, 3.8) is 0 Å². The van der Waals surface area contributed by atoms with Gasteiger partial charge in [0.25, 0.3) is 0 Å². The predicted octanol–water partition coefficient (Wildman–Crippen LogP) is 2.55. The summed E-state index contributed by atoms with van der Waals surface area (Å²) in [6.07, 6.45) is 4.34. The van der Waals surface area contributed by atoms with Gasteiger partial charge < -0.3 is 10.2 Å². The molecule has 0 bridgehead atoms. The Morgan fingerprint density at radius 2 is 2.17 bits per heavy atom. The minimum absolute atomic E-state index is 0.905. The molecule has 4 heteroatoms. The average molecular weight is 267 g/mol. The Morgan fingerprint density at radius 3 is 2.78 bits per heavy atom. The van der Waals surface area contributed by atoms with Gasteiger partial charge in [0.1, 0.15) is 5.82 Å². The standard InChI is InChI=1S/C14H25N3S/c1-5-6-13-9-12(11-15-2)10-14(16-13)17(3)7-8-18-4/h9-10,15H,5-8,11H2,1-4H3. The minimum atomic E-state index is 0.905. The number of hydrogen-bond acceptors (Lipinski definition) is 4. The third kappa shape index (κ3) is 4.86. The van der Waals surface area contributed by atoms with Crippen molar-refractivity contribution in [1.29, 1.82) is 0 Å². The zero-order valence-corrected chi connectivity index (χ0v) is 12.8. The zero-order valence-electron chi connectivity index (χ0n) is 12.0. The fourth-order valence-electron chi connectivity index (χ4n) is 1.86. The van der Waals surface area contributed by atoms with Crippen molar-refractivity contribution in [3.05, 3.63) is 23.4 Å². The van der Waals surface area contributed by atoms with Crippen molar-refractivity contribution in [1.82, 2.24) is 10.3 Å². The third-order valence-electron chi connectivity index (χ3n) is 2.83. The molecular weight excluding hydrogens is 242 g/mol. The van der Waals surface area contributed by atoms with Gasteiger partial charge in [-0.3, -0.25) is 0 Å². The van der Waals surface area contributed by atoms with Gasteiger partial charge >= 0.3 is 0 Å². The van der Waals surface area contributed by atoms with Crippen molar-refractivity contribution < 1.29 is 0 Å². The lowest BCUT2D eigenvalue weighted by molar-refractivity contribution is 0.800. The Bertz CT molecular complexity index is 331. The van der Waals surface area contributed by atoms with Gasteiger partial charge in [-0.25, -0.2) is 4.98 Å². The van der Waals surface area contributed by atoms with Crippen molar-refractivity contribution in [2.45, 2.75) is 26.3 Å². The van der Waals surface area contributed by atoms with Gasteiger partial charge in [0.05, 0.1) is 0 Å². The molecule has 0 saturated carbocycles. The Labute approximate surface area is 115 Å². The predicted molar refractivity (Wildman–Crippen MR) is 82.6 cm³/mol. The van der Waals surface area contributed by atoms with Crippen molar-refractivity contribution in [2.75, 3.05) is 37.5 Å². The Morgan fingerprint density at radius 1 is 1.39 bits per heavy atom. The lowest BCUT2D eigenvalue weighted by atomic mass is 10.1. The molecule has 1 aromatic heterocycles. The molecule has 0 spiro atoms. The van der Waals surface area contributed by atoms with Crippen LogP contribution in [0.4, 0.5) is 5.82 Å². The van der Waals surface area contributed by atoms with Crippen LogP contribution in [0.15, 0.2) is 12.1 Å². The largest absolute Gasteiger partial charge is 0.359 e. The van der Waals surface area contributed by atoms with E-state index >= 15 is 0 Å². The molecule has 0 radical (unpaired) electrons. The van der Waals surface area contributed by atoms with Crippen LogP contribution in [0.2, 0.25) is 0 Å². The number of aryl methyl sites for hydroxylation is 1. The molecule has 102 valence electrons. The van der Waals surface area contributed by atoms with E-state index in [-0.39, 0.29) is 0 Å². The summed E-state index contributed by atoms with van der Waals surface area (Å²) in [5.74, 6) is 2.23. The summed E-state index contributed by atoms with van der Waals surface area (Å²) in [6, 6.07) is 4.40. The summed E-state index contributed by atoms with van der Waals surface area (Å²) >= 11 is 1.87. The number of hydrogen-bond donors (Lipinski definition) is 1. The molecule has 0 unspecified atom stereocenters. The molecule has 1 heterocycles. The number of aromatic nitrogens is 1. The van der Waals surface area contributed by atoms with Gasteiger partial charge in [-0.15, -0.1) is 0 Å². The van der Waals surface area contributed by atoms with Crippen LogP contribution >= 0.6 is 11.8 Å². The van der Waals surface area contributed by atoms with Crippen LogP contribution in [0.25, 0.3) is 0 Å². The fraction of sp³-hybridized carbons (Fsp3) is 0.643. The summed E-state index contributed by atoms with van der Waals surface area (Å²) < 4.78 is 0. The quantitative estimate of drug-likeness (QED) is 0.783. The number of anilines is 1. The Balaban J connectivity index is 2.87. The molecule has 0 fully saturated rings. The summed E-state index contributed by atoms with van der Waals surface area (Å²) in [6.45, 7) is 4.15. The highest BCUT2D eigenvalue weighted by molar-refractivity contribution is 7.98. The van der Waals surface area contributed by atoms with Gasteiger partial charge in [0, 0.05) is 31.6 Å². The lowest BCUT2D eigenvalue weighted by Crippen LogP contribution is -2.22. The van der Waals surface area contributed by atoms with Crippen LogP contribution in [0.3, 0.4) is 0 Å². The van der Waals surface area contributed by atoms with Gasteiger partial charge in [-0.1, -0.05) is 13.3 Å². The minimum Gasteiger partial charge on any atom is -0.359 e. The first-order chi connectivity index (χ1) is 8.71. The number of nitrogens with zero attached hydrogens (tertiary/aromatic N) is 2. The van der Waals surface area contributed by atoms with E-state index in [1.165, 1.54) is 11.3 Å². The lowest BCUT2D eigenvalue weighted by Gasteiger charge is -2.19. The summed E-state index contributed by atoms with van der Waals surface area (Å²) in [5, 5.41) is 3.21. The molecule has 18 heavy (non-hydrogen) atoms. The molecule has 0 aliphatic heterocycles. The molecule has 0 atom stereocenters. The molecule has 3 nitrogen and oxygen atoms in total. The second-order valence-electron chi connectivity index (χ2n) is 4.52. The average Bonchev–Trinajstić information content (AvgIpc) is 2.36. The van der Waals surface area contributed by atoms with E-state index < -0.39 is 0 Å². The van der Waals surface area contributed by atoms with Gasteiger partial charge in [0.2, 0.25) is 0 Å². The molecule has 1 rings (SSSR count). The van der Waals surface area contributed by atoms with Crippen LogP contribution in [0, 0.1) is 0 Å². The van der Waals surface area contributed by atoms with Crippen molar-refractivity contribution >= 4 is 17.6 Å². The molecule has 1 aromatic rings. The molecular formula is C14H25N3S. The van der Waals surface area contributed by atoms with Gasteiger partial charge in [0.15, 0.2) is 0 Å². The monoisotopic (exact) mass is 267 g/mol. The third-order valence-corrected chi connectivity index (χ3v) is 3.42. The van der Waals surface area contributed by atoms with Crippen LogP contribution in [0.1, 0.15) is 24.6 Å². The summed E-state index contributed by atoms with van der Waals surface area (Å²) in [4.78, 5) is 6.99. The van der Waals surface area contributed by atoms with E-state index in [0.717, 1.165) is 37.5 Å². The normalized spacial score (nSPS) is 10.7. The van der Waals surface area contributed by atoms with E-state index in [1.807, 2.05) is 18.8 Å². The van der Waals surface area contributed by atoms with E-state index in [2.05, 4.69) is 42.6 Å². The van der Waals surface area contributed by atoms with Crippen LogP contribution in [0.5, 0.6) is 0 Å². The number of rotatable bonds is 8. The summed E-state index contributed by atoms with van der Waals surface area (Å²) in [7, 11) is 4.11. The highest BCUT2D eigenvalue weighted by Crippen LogP contribution is 2.15. The number of nitrogens with one attached hydrogen (secondary N) is 1. The molecule has 1 N–H and O–H groups in total. The maximum Gasteiger partial charge on any atom is 0.128 e. The zero-order chi connectivity index (χ0) is 13.4. The second kappa shape index (κ2) is 8.38. The molecule has 0 saturated heterocycles. The van der Waals surface area contributed by atoms with Crippen molar-refractivity contribution in [2.24, 2.45) is 0 Å². The first-order valence-electron chi connectivity index (χ1n) is 6.55. The molecule has 0 aliphatic carbocycles. The smallest absolute Gasteiger partial charge is 0.128 e. The highest BCUT2D eigenvalue weighted by atomic mass is 32.2. The van der Waals surface area contributed by atoms with Gasteiger partial charge in [-0.2, -0.15) is 11.8 Å². The van der Waals surface area contributed by atoms with Crippen LogP contribution in [-0.4, -0.2) is 37.6 Å². The van der Waals surface area contributed by atoms with E-state index in [0.29, 0.717) is 0 Å². The molecule has 0 aliphatic rings. The van der Waals surface area contributed by atoms with E-state index in [4.69, 9.17) is 4.98 Å². The maximum absolute atomic E-state index is 4.75. The number of thioether (sulfide) groups is 1. The van der Waals surface area contributed by atoms with Crippen LogP contribution in [-0.2, 0) is 13.0 Å². The first-order valence-corrected chi connectivity index (χ1v) is 7.95. The van der Waals surface area contributed by atoms with E-state index in [1.54, 1.807) is 0 Å².